The maximum atomic E-state index is 13.2. The minimum atomic E-state index is -0.802. The van der Waals surface area contributed by atoms with Crippen LogP contribution in [0, 0.1) is 11.6 Å². The highest BCUT2D eigenvalue weighted by Crippen LogP contribution is 2.29. The highest BCUT2D eigenvalue weighted by atomic mass is 19.1. The summed E-state index contributed by atoms with van der Waals surface area (Å²) in [5, 5.41) is 0. The third kappa shape index (κ3) is 1.88. The third-order valence-corrected chi connectivity index (χ3v) is 1.52. The molecule has 0 spiro atoms. The number of halogens is 2. The molecule has 4 heteroatoms. The molecule has 0 aliphatic rings. The first-order chi connectivity index (χ1) is 6.20. The van der Waals surface area contributed by atoms with Gasteiger partial charge < -0.3 is 9.47 Å². The molecular formula is C9H10F2O2. The van der Waals surface area contributed by atoms with Crippen LogP contribution in [0.5, 0.6) is 11.5 Å². The lowest BCUT2D eigenvalue weighted by molar-refractivity contribution is 0.291. The minimum absolute atomic E-state index is 0.0233. The van der Waals surface area contributed by atoms with E-state index < -0.39 is 11.6 Å². The molecule has 0 amide bonds. The molecule has 72 valence electrons. The van der Waals surface area contributed by atoms with Gasteiger partial charge in [0.2, 0.25) is 5.82 Å². The molecule has 1 aromatic rings. The highest BCUT2D eigenvalue weighted by Gasteiger charge is 2.14. The molecular weight excluding hydrogens is 178 g/mol. The SMILES string of the molecule is CCOc1c(F)ccc(OC)c1F. The summed E-state index contributed by atoms with van der Waals surface area (Å²) in [6, 6.07) is 2.32. The number of methoxy groups -OCH3 is 1. The highest BCUT2D eigenvalue weighted by molar-refractivity contribution is 5.36. The van der Waals surface area contributed by atoms with Crippen molar-refractivity contribution in [3.63, 3.8) is 0 Å². The van der Waals surface area contributed by atoms with Crippen LogP contribution in [0.25, 0.3) is 0 Å². The monoisotopic (exact) mass is 188 g/mol. The molecule has 0 N–H and O–H groups in total. The van der Waals surface area contributed by atoms with Crippen molar-refractivity contribution >= 4 is 0 Å². The van der Waals surface area contributed by atoms with Crippen molar-refractivity contribution in [1.82, 2.24) is 0 Å². The van der Waals surface area contributed by atoms with Gasteiger partial charge in [-0.05, 0) is 19.1 Å². The van der Waals surface area contributed by atoms with E-state index in [2.05, 4.69) is 4.74 Å². The van der Waals surface area contributed by atoms with Crippen molar-refractivity contribution < 1.29 is 18.3 Å². The van der Waals surface area contributed by atoms with Crippen LogP contribution in [0.4, 0.5) is 8.78 Å². The Morgan fingerprint density at radius 1 is 1.31 bits per heavy atom. The third-order valence-electron chi connectivity index (χ3n) is 1.52. The molecule has 0 radical (unpaired) electrons. The summed E-state index contributed by atoms with van der Waals surface area (Å²) in [6.07, 6.45) is 0. The molecule has 0 aliphatic heterocycles. The zero-order chi connectivity index (χ0) is 9.84. The van der Waals surface area contributed by atoms with Gasteiger partial charge in [-0.3, -0.25) is 0 Å². The van der Waals surface area contributed by atoms with E-state index in [1.165, 1.54) is 13.2 Å². The number of ether oxygens (including phenoxy) is 2. The van der Waals surface area contributed by atoms with E-state index in [0.717, 1.165) is 6.07 Å². The van der Waals surface area contributed by atoms with E-state index in [1.807, 2.05) is 0 Å². The van der Waals surface area contributed by atoms with Gasteiger partial charge in [-0.2, -0.15) is 4.39 Å². The van der Waals surface area contributed by atoms with Crippen LogP contribution in [0.3, 0.4) is 0 Å². The number of hydrogen-bond acceptors (Lipinski definition) is 2. The van der Waals surface area contributed by atoms with E-state index >= 15 is 0 Å². The van der Waals surface area contributed by atoms with Crippen LogP contribution in [0.15, 0.2) is 12.1 Å². The maximum absolute atomic E-state index is 13.2. The van der Waals surface area contributed by atoms with Gasteiger partial charge in [0.1, 0.15) is 0 Å². The Hall–Kier alpha value is -1.32. The largest absolute Gasteiger partial charge is 0.494 e. The Morgan fingerprint density at radius 2 is 2.00 bits per heavy atom. The van der Waals surface area contributed by atoms with Crippen LogP contribution in [0.1, 0.15) is 6.92 Å². The molecule has 0 unspecified atom stereocenters. The van der Waals surface area contributed by atoms with Gasteiger partial charge in [-0.25, -0.2) is 4.39 Å². The molecule has 0 aliphatic carbocycles. The summed E-state index contributed by atoms with van der Waals surface area (Å²) in [4.78, 5) is 0. The van der Waals surface area contributed by atoms with Gasteiger partial charge in [-0.15, -0.1) is 0 Å². The predicted molar refractivity (Wildman–Crippen MR) is 44.1 cm³/mol. The summed E-state index contributed by atoms with van der Waals surface area (Å²) < 4.78 is 35.6. The topological polar surface area (TPSA) is 18.5 Å². The van der Waals surface area contributed by atoms with E-state index in [9.17, 15) is 8.78 Å². The Labute approximate surface area is 75.1 Å². The van der Waals surface area contributed by atoms with Gasteiger partial charge in [0, 0.05) is 0 Å². The average molecular weight is 188 g/mol. The first-order valence-corrected chi connectivity index (χ1v) is 3.85. The maximum Gasteiger partial charge on any atom is 0.209 e. The molecule has 1 rings (SSSR count). The van der Waals surface area contributed by atoms with Crippen molar-refractivity contribution in [2.75, 3.05) is 13.7 Å². The molecule has 0 bridgehead atoms. The molecule has 0 atom stereocenters. The minimum Gasteiger partial charge on any atom is -0.494 e. The fourth-order valence-corrected chi connectivity index (χ4v) is 0.949. The van der Waals surface area contributed by atoms with E-state index in [1.54, 1.807) is 6.92 Å². The molecule has 0 saturated carbocycles. The van der Waals surface area contributed by atoms with Crippen molar-refractivity contribution in [3.8, 4) is 11.5 Å². The van der Waals surface area contributed by atoms with Crippen LogP contribution in [-0.2, 0) is 0 Å². The first-order valence-electron chi connectivity index (χ1n) is 3.85. The van der Waals surface area contributed by atoms with Crippen molar-refractivity contribution in [2.45, 2.75) is 6.92 Å². The Balaban J connectivity index is 3.13. The van der Waals surface area contributed by atoms with Crippen LogP contribution in [0.2, 0.25) is 0 Å². The Bertz CT molecular complexity index is 300. The Kier molecular flexibility index (Phi) is 3.06. The van der Waals surface area contributed by atoms with Crippen molar-refractivity contribution in [2.24, 2.45) is 0 Å². The fraction of sp³-hybridized carbons (Fsp3) is 0.333. The standard InChI is InChI=1S/C9H10F2O2/c1-3-13-9-6(10)4-5-7(12-2)8(9)11/h4-5H,3H2,1-2H3. The van der Waals surface area contributed by atoms with Gasteiger partial charge >= 0.3 is 0 Å². The van der Waals surface area contributed by atoms with Gasteiger partial charge in [0.05, 0.1) is 13.7 Å². The molecule has 13 heavy (non-hydrogen) atoms. The van der Waals surface area contributed by atoms with Crippen LogP contribution < -0.4 is 9.47 Å². The second-order valence-corrected chi connectivity index (χ2v) is 2.33. The summed E-state index contributed by atoms with van der Waals surface area (Å²) in [6.45, 7) is 1.86. The smallest absolute Gasteiger partial charge is 0.209 e. The molecule has 0 fully saturated rings. The van der Waals surface area contributed by atoms with Crippen LogP contribution >= 0.6 is 0 Å². The second kappa shape index (κ2) is 4.07. The summed E-state index contributed by atoms with van der Waals surface area (Å²) >= 11 is 0. The zero-order valence-corrected chi connectivity index (χ0v) is 7.43. The lowest BCUT2D eigenvalue weighted by Gasteiger charge is -2.08. The van der Waals surface area contributed by atoms with Crippen LogP contribution in [-0.4, -0.2) is 13.7 Å². The number of rotatable bonds is 3. The van der Waals surface area contributed by atoms with E-state index in [4.69, 9.17) is 4.74 Å². The normalized spacial score (nSPS) is 9.85. The van der Waals surface area contributed by atoms with Gasteiger partial charge in [0.25, 0.3) is 0 Å². The van der Waals surface area contributed by atoms with Crippen molar-refractivity contribution in [1.29, 1.82) is 0 Å². The van der Waals surface area contributed by atoms with Gasteiger partial charge in [-0.1, -0.05) is 0 Å². The van der Waals surface area contributed by atoms with Crippen molar-refractivity contribution in [3.05, 3.63) is 23.8 Å². The predicted octanol–water partition coefficient (Wildman–Crippen LogP) is 2.37. The zero-order valence-electron chi connectivity index (χ0n) is 7.43. The van der Waals surface area contributed by atoms with E-state index in [0.29, 0.717) is 0 Å². The molecule has 2 nitrogen and oxygen atoms in total. The lowest BCUT2D eigenvalue weighted by atomic mass is 10.3. The Morgan fingerprint density at radius 3 is 2.54 bits per heavy atom. The lowest BCUT2D eigenvalue weighted by Crippen LogP contribution is -1.99. The number of hydrogen-bond donors (Lipinski definition) is 0. The molecule has 0 heterocycles. The quantitative estimate of drug-likeness (QED) is 0.725. The first kappa shape index (κ1) is 9.77. The summed E-state index contributed by atoms with van der Waals surface area (Å²) in [7, 11) is 1.31. The molecule has 1 aromatic carbocycles. The second-order valence-electron chi connectivity index (χ2n) is 2.33. The van der Waals surface area contributed by atoms with Gasteiger partial charge in [0.15, 0.2) is 17.3 Å². The number of benzene rings is 1. The summed E-state index contributed by atoms with van der Waals surface area (Å²) in [5.41, 5.74) is 0. The van der Waals surface area contributed by atoms with E-state index in [-0.39, 0.29) is 18.1 Å². The fourth-order valence-electron chi connectivity index (χ4n) is 0.949. The molecule has 0 aromatic heterocycles. The average Bonchev–Trinajstić information content (AvgIpc) is 2.12. The molecule has 0 saturated heterocycles. The summed E-state index contributed by atoms with van der Waals surface area (Å²) in [5.74, 6) is -1.93.